The van der Waals surface area contributed by atoms with Crippen molar-refractivity contribution in [3.05, 3.63) is 24.3 Å². The Morgan fingerprint density at radius 2 is 2.10 bits per heavy atom. The van der Waals surface area contributed by atoms with Crippen molar-refractivity contribution in [3.8, 4) is 0 Å². The van der Waals surface area contributed by atoms with Crippen LogP contribution in [-0.2, 0) is 0 Å². The van der Waals surface area contributed by atoms with Crippen molar-refractivity contribution in [2.45, 2.75) is 31.7 Å². The SMILES string of the molecule is Nc1nc(N2CCCCC2CCO)c2ccccc2n1. The molecule has 0 saturated carbocycles. The number of piperidine rings is 1. The third-order valence-corrected chi connectivity index (χ3v) is 3.96. The van der Waals surface area contributed by atoms with Crippen LogP contribution in [0.4, 0.5) is 11.8 Å². The average molecular weight is 272 g/mol. The van der Waals surface area contributed by atoms with Crippen LogP contribution < -0.4 is 10.6 Å². The van der Waals surface area contributed by atoms with Gasteiger partial charge in [0, 0.05) is 24.6 Å². The Hall–Kier alpha value is -1.88. The Labute approximate surface area is 118 Å². The van der Waals surface area contributed by atoms with E-state index in [-0.39, 0.29) is 6.61 Å². The van der Waals surface area contributed by atoms with Gasteiger partial charge in [0.1, 0.15) is 5.82 Å². The number of aliphatic hydroxyl groups excluding tert-OH is 1. The number of fused-ring (bicyclic) bond motifs is 1. The highest BCUT2D eigenvalue weighted by atomic mass is 16.3. The van der Waals surface area contributed by atoms with Crippen LogP contribution in [-0.4, -0.2) is 34.3 Å². The zero-order chi connectivity index (χ0) is 13.9. The van der Waals surface area contributed by atoms with Crippen molar-refractivity contribution < 1.29 is 5.11 Å². The van der Waals surface area contributed by atoms with Gasteiger partial charge in [-0.25, -0.2) is 4.98 Å². The van der Waals surface area contributed by atoms with Gasteiger partial charge in [0.05, 0.1) is 5.52 Å². The second kappa shape index (κ2) is 5.63. The van der Waals surface area contributed by atoms with Crippen LogP contribution in [0, 0.1) is 0 Å². The topological polar surface area (TPSA) is 75.3 Å². The first-order chi connectivity index (χ1) is 9.79. The van der Waals surface area contributed by atoms with Crippen LogP contribution >= 0.6 is 0 Å². The minimum Gasteiger partial charge on any atom is -0.396 e. The van der Waals surface area contributed by atoms with E-state index in [1.807, 2.05) is 24.3 Å². The van der Waals surface area contributed by atoms with E-state index in [4.69, 9.17) is 5.73 Å². The summed E-state index contributed by atoms with van der Waals surface area (Å²) < 4.78 is 0. The molecule has 1 atom stereocenters. The molecule has 0 aliphatic carbocycles. The third kappa shape index (κ3) is 2.41. The fourth-order valence-corrected chi connectivity index (χ4v) is 3.02. The zero-order valence-electron chi connectivity index (χ0n) is 11.5. The molecule has 3 N–H and O–H groups in total. The molecule has 0 amide bonds. The molecule has 20 heavy (non-hydrogen) atoms. The van der Waals surface area contributed by atoms with Gasteiger partial charge < -0.3 is 15.7 Å². The summed E-state index contributed by atoms with van der Waals surface area (Å²) in [6.45, 7) is 1.17. The number of nitrogen functional groups attached to an aromatic ring is 1. The summed E-state index contributed by atoms with van der Waals surface area (Å²) in [5, 5.41) is 10.3. The number of benzene rings is 1. The van der Waals surface area contributed by atoms with Crippen LogP contribution in [0.15, 0.2) is 24.3 Å². The Morgan fingerprint density at radius 1 is 1.25 bits per heavy atom. The maximum Gasteiger partial charge on any atom is 0.222 e. The first kappa shape index (κ1) is 13.1. The highest BCUT2D eigenvalue weighted by Crippen LogP contribution is 2.30. The smallest absolute Gasteiger partial charge is 0.222 e. The molecule has 1 aromatic heterocycles. The Kier molecular flexibility index (Phi) is 3.69. The lowest BCUT2D eigenvalue weighted by Crippen LogP contribution is -2.41. The van der Waals surface area contributed by atoms with Crippen molar-refractivity contribution in [1.82, 2.24) is 9.97 Å². The molecule has 5 heteroatoms. The van der Waals surface area contributed by atoms with Gasteiger partial charge in [-0.2, -0.15) is 4.98 Å². The van der Waals surface area contributed by atoms with Gasteiger partial charge >= 0.3 is 0 Å². The fraction of sp³-hybridized carbons (Fsp3) is 0.467. The Balaban J connectivity index is 2.07. The van der Waals surface area contributed by atoms with Gasteiger partial charge in [-0.05, 0) is 37.8 Å². The molecule has 2 aromatic rings. The van der Waals surface area contributed by atoms with E-state index in [9.17, 15) is 5.11 Å². The lowest BCUT2D eigenvalue weighted by atomic mass is 9.99. The number of hydrogen-bond acceptors (Lipinski definition) is 5. The molecule has 2 heterocycles. The maximum absolute atomic E-state index is 9.27. The highest BCUT2D eigenvalue weighted by Gasteiger charge is 2.25. The highest BCUT2D eigenvalue weighted by molar-refractivity contribution is 5.90. The maximum atomic E-state index is 9.27. The standard InChI is InChI=1S/C15H20N4O/c16-15-17-13-7-2-1-6-12(13)14(18-15)19-9-4-3-5-11(19)8-10-20/h1-2,6-7,11,20H,3-5,8-10H2,(H2,16,17,18). The number of para-hydroxylation sites is 1. The number of rotatable bonds is 3. The van der Waals surface area contributed by atoms with Crippen LogP contribution in [0.2, 0.25) is 0 Å². The summed E-state index contributed by atoms with van der Waals surface area (Å²) in [7, 11) is 0. The normalized spacial score (nSPS) is 19.4. The van der Waals surface area contributed by atoms with E-state index in [2.05, 4.69) is 14.9 Å². The van der Waals surface area contributed by atoms with Gasteiger partial charge in [-0.3, -0.25) is 0 Å². The largest absolute Gasteiger partial charge is 0.396 e. The molecular formula is C15H20N4O. The van der Waals surface area contributed by atoms with E-state index in [1.165, 1.54) is 6.42 Å². The number of nitrogens with two attached hydrogens (primary N) is 1. The predicted octanol–water partition coefficient (Wildman–Crippen LogP) is 1.95. The average Bonchev–Trinajstić information content (AvgIpc) is 2.47. The monoisotopic (exact) mass is 272 g/mol. The summed E-state index contributed by atoms with van der Waals surface area (Å²) in [6.07, 6.45) is 4.23. The van der Waals surface area contributed by atoms with Gasteiger partial charge in [0.15, 0.2) is 0 Å². The molecule has 5 nitrogen and oxygen atoms in total. The summed E-state index contributed by atoms with van der Waals surface area (Å²) in [5.74, 6) is 1.22. The van der Waals surface area contributed by atoms with Crippen LogP contribution in [0.25, 0.3) is 10.9 Å². The van der Waals surface area contributed by atoms with E-state index in [1.54, 1.807) is 0 Å². The quantitative estimate of drug-likeness (QED) is 0.893. The summed E-state index contributed by atoms with van der Waals surface area (Å²) >= 11 is 0. The molecule has 1 aromatic carbocycles. The minimum absolute atomic E-state index is 0.208. The molecule has 3 rings (SSSR count). The predicted molar refractivity (Wildman–Crippen MR) is 80.6 cm³/mol. The summed E-state index contributed by atoms with van der Waals surface area (Å²) in [6, 6.07) is 8.29. The van der Waals surface area contributed by atoms with Crippen molar-refractivity contribution in [3.63, 3.8) is 0 Å². The van der Waals surface area contributed by atoms with Crippen LogP contribution in [0.5, 0.6) is 0 Å². The van der Waals surface area contributed by atoms with Crippen molar-refractivity contribution in [2.75, 3.05) is 23.8 Å². The summed E-state index contributed by atoms with van der Waals surface area (Å²) in [5.41, 5.74) is 6.73. The molecular weight excluding hydrogens is 252 g/mol. The molecule has 0 bridgehead atoms. The number of anilines is 2. The van der Waals surface area contributed by atoms with Crippen molar-refractivity contribution >= 4 is 22.7 Å². The molecule has 1 aliphatic heterocycles. The first-order valence-electron chi connectivity index (χ1n) is 7.19. The second-order valence-electron chi connectivity index (χ2n) is 5.28. The van der Waals surface area contributed by atoms with E-state index >= 15 is 0 Å². The fourth-order valence-electron chi connectivity index (χ4n) is 3.02. The number of nitrogens with zero attached hydrogens (tertiary/aromatic N) is 3. The Bertz CT molecular complexity index is 599. The number of aromatic nitrogens is 2. The van der Waals surface area contributed by atoms with Crippen LogP contribution in [0.1, 0.15) is 25.7 Å². The van der Waals surface area contributed by atoms with Gasteiger partial charge in [-0.1, -0.05) is 12.1 Å². The molecule has 0 radical (unpaired) electrons. The lowest BCUT2D eigenvalue weighted by Gasteiger charge is -2.37. The first-order valence-corrected chi connectivity index (χ1v) is 7.19. The van der Waals surface area contributed by atoms with Crippen molar-refractivity contribution in [1.29, 1.82) is 0 Å². The molecule has 1 fully saturated rings. The lowest BCUT2D eigenvalue weighted by molar-refractivity contribution is 0.262. The molecule has 0 spiro atoms. The molecule has 1 aliphatic rings. The van der Waals surface area contributed by atoms with Gasteiger partial charge in [-0.15, -0.1) is 0 Å². The summed E-state index contributed by atoms with van der Waals surface area (Å²) in [4.78, 5) is 11.1. The van der Waals surface area contributed by atoms with Gasteiger partial charge in [0.25, 0.3) is 0 Å². The molecule has 1 saturated heterocycles. The van der Waals surface area contributed by atoms with E-state index in [0.717, 1.165) is 42.5 Å². The third-order valence-electron chi connectivity index (χ3n) is 3.96. The van der Waals surface area contributed by atoms with Crippen molar-refractivity contribution in [2.24, 2.45) is 0 Å². The number of aliphatic hydroxyl groups is 1. The minimum atomic E-state index is 0.208. The molecule has 1 unspecified atom stereocenters. The Morgan fingerprint density at radius 3 is 2.95 bits per heavy atom. The van der Waals surface area contributed by atoms with Crippen LogP contribution in [0.3, 0.4) is 0 Å². The van der Waals surface area contributed by atoms with E-state index in [0.29, 0.717) is 12.0 Å². The second-order valence-corrected chi connectivity index (χ2v) is 5.28. The van der Waals surface area contributed by atoms with Gasteiger partial charge in [0.2, 0.25) is 5.95 Å². The van der Waals surface area contributed by atoms with E-state index < -0.39 is 0 Å². The zero-order valence-corrected chi connectivity index (χ0v) is 11.5. The molecule has 106 valence electrons. The number of hydrogen-bond donors (Lipinski definition) is 2.